The number of hydrogen-bond donors (Lipinski definition) is 1. The number of nitrogens with one attached hydrogen (secondary N) is 1. The smallest absolute Gasteiger partial charge is 0.270 e. The van der Waals surface area contributed by atoms with Gasteiger partial charge in [-0.05, 0) is 31.5 Å². The summed E-state index contributed by atoms with van der Waals surface area (Å²) in [6.45, 7) is 4.36. The van der Waals surface area contributed by atoms with Crippen molar-refractivity contribution in [2.24, 2.45) is 5.92 Å². The molecule has 0 bridgehead atoms. The number of rotatable bonds is 5. The SMILES string of the molecule is Cc1ccn2c(C(=O)N[C@@H]3COC[C@H]3CS(=O)(=O)N(C)C)c(C)nc2c1. The number of amides is 1. The van der Waals surface area contributed by atoms with E-state index in [-0.39, 0.29) is 23.6 Å². The molecule has 1 saturated heterocycles. The van der Waals surface area contributed by atoms with Crippen molar-refractivity contribution in [2.45, 2.75) is 19.9 Å². The first-order valence-corrected chi connectivity index (χ1v) is 10.0. The zero-order valence-corrected chi connectivity index (χ0v) is 16.2. The Labute approximate surface area is 153 Å². The minimum absolute atomic E-state index is 0.0593. The third-order valence-electron chi connectivity index (χ3n) is 4.67. The molecular formula is C17H24N4O4S. The average Bonchev–Trinajstić information content (AvgIpc) is 3.09. The number of nitrogens with zero attached hydrogens (tertiary/aromatic N) is 3. The fourth-order valence-corrected chi connectivity index (χ4v) is 4.28. The highest BCUT2D eigenvalue weighted by Gasteiger charge is 2.35. The molecule has 0 unspecified atom stereocenters. The van der Waals surface area contributed by atoms with Gasteiger partial charge < -0.3 is 10.1 Å². The van der Waals surface area contributed by atoms with Crippen LogP contribution < -0.4 is 5.32 Å². The number of ether oxygens (including phenoxy) is 1. The Hall–Kier alpha value is -1.97. The van der Waals surface area contributed by atoms with E-state index in [2.05, 4.69) is 10.3 Å². The molecule has 9 heteroatoms. The Balaban J connectivity index is 1.80. The average molecular weight is 380 g/mol. The highest BCUT2D eigenvalue weighted by molar-refractivity contribution is 7.89. The number of fused-ring (bicyclic) bond motifs is 1. The summed E-state index contributed by atoms with van der Waals surface area (Å²) in [4.78, 5) is 17.3. The second kappa shape index (κ2) is 6.98. The van der Waals surface area contributed by atoms with E-state index in [1.54, 1.807) is 11.3 Å². The number of pyridine rings is 1. The van der Waals surface area contributed by atoms with Crippen LogP contribution in [0.5, 0.6) is 0 Å². The first-order chi connectivity index (χ1) is 12.2. The summed E-state index contributed by atoms with van der Waals surface area (Å²) >= 11 is 0. The van der Waals surface area contributed by atoms with Crippen LogP contribution in [-0.2, 0) is 14.8 Å². The molecule has 1 aliphatic rings. The Morgan fingerprint density at radius 1 is 1.38 bits per heavy atom. The fraction of sp³-hybridized carbons (Fsp3) is 0.529. The van der Waals surface area contributed by atoms with Crippen LogP contribution in [0, 0.1) is 19.8 Å². The normalized spacial score (nSPS) is 20.8. The minimum atomic E-state index is -3.37. The van der Waals surface area contributed by atoms with Gasteiger partial charge in [-0.2, -0.15) is 0 Å². The van der Waals surface area contributed by atoms with Gasteiger partial charge in [0.25, 0.3) is 5.91 Å². The molecule has 3 heterocycles. The van der Waals surface area contributed by atoms with Crippen LogP contribution in [0.1, 0.15) is 21.7 Å². The summed E-state index contributed by atoms with van der Waals surface area (Å²) < 4.78 is 32.7. The maximum Gasteiger partial charge on any atom is 0.270 e. The van der Waals surface area contributed by atoms with Crippen molar-refractivity contribution < 1.29 is 17.9 Å². The number of imidazole rings is 1. The first-order valence-electron chi connectivity index (χ1n) is 8.43. The highest BCUT2D eigenvalue weighted by Crippen LogP contribution is 2.19. The van der Waals surface area contributed by atoms with Crippen molar-refractivity contribution in [2.75, 3.05) is 33.1 Å². The number of aryl methyl sites for hydroxylation is 2. The summed E-state index contributed by atoms with van der Waals surface area (Å²) in [6.07, 6.45) is 1.82. The summed E-state index contributed by atoms with van der Waals surface area (Å²) in [6, 6.07) is 3.47. The lowest BCUT2D eigenvalue weighted by Crippen LogP contribution is -2.44. The monoisotopic (exact) mass is 380 g/mol. The molecule has 0 radical (unpaired) electrons. The van der Waals surface area contributed by atoms with Crippen LogP contribution in [0.2, 0.25) is 0 Å². The number of aromatic nitrogens is 2. The zero-order valence-electron chi connectivity index (χ0n) is 15.4. The molecule has 2 aromatic rings. The molecule has 2 atom stereocenters. The lowest BCUT2D eigenvalue weighted by Gasteiger charge is -2.21. The van der Waals surface area contributed by atoms with Crippen LogP contribution in [0.15, 0.2) is 18.3 Å². The van der Waals surface area contributed by atoms with Crippen LogP contribution in [-0.4, -0.2) is 67.1 Å². The molecule has 2 aromatic heterocycles. The second-order valence-electron chi connectivity index (χ2n) is 6.92. The van der Waals surface area contributed by atoms with E-state index < -0.39 is 10.0 Å². The number of carbonyl (C=O) groups is 1. The fourth-order valence-electron chi connectivity index (χ4n) is 3.12. The molecule has 0 aromatic carbocycles. The van der Waals surface area contributed by atoms with E-state index in [0.29, 0.717) is 30.2 Å². The lowest BCUT2D eigenvalue weighted by atomic mass is 10.1. The molecule has 142 valence electrons. The number of carbonyl (C=O) groups excluding carboxylic acids is 1. The molecule has 0 saturated carbocycles. The van der Waals surface area contributed by atoms with Gasteiger partial charge in [-0.15, -0.1) is 0 Å². The highest BCUT2D eigenvalue weighted by atomic mass is 32.2. The van der Waals surface area contributed by atoms with Crippen molar-refractivity contribution in [1.29, 1.82) is 0 Å². The molecule has 8 nitrogen and oxygen atoms in total. The Morgan fingerprint density at radius 3 is 2.81 bits per heavy atom. The molecule has 1 amide bonds. The van der Waals surface area contributed by atoms with Crippen molar-refractivity contribution in [3.63, 3.8) is 0 Å². The summed E-state index contributed by atoms with van der Waals surface area (Å²) in [5, 5.41) is 2.93. The molecule has 3 rings (SSSR count). The third kappa shape index (κ3) is 3.60. The van der Waals surface area contributed by atoms with E-state index in [1.165, 1.54) is 18.4 Å². The maximum atomic E-state index is 12.8. The van der Waals surface area contributed by atoms with E-state index in [1.807, 2.05) is 25.3 Å². The van der Waals surface area contributed by atoms with Crippen molar-refractivity contribution in [1.82, 2.24) is 19.0 Å². The number of hydrogen-bond acceptors (Lipinski definition) is 5. The maximum absolute atomic E-state index is 12.8. The van der Waals surface area contributed by atoms with Gasteiger partial charge in [-0.3, -0.25) is 9.20 Å². The Kier molecular flexibility index (Phi) is 5.05. The van der Waals surface area contributed by atoms with Gasteiger partial charge in [0.15, 0.2) is 0 Å². The van der Waals surface area contributed by atoms with Gasteiger partial charge in [-0.1, -0.05) is 0 Å². The van der Waals surface area contributed by atoms with Gasteiger partial charge in [0.05, 0.1) is 30.7 Å². The van der Waals surface area contributed by atoms with E-state index in [9.17, 15) is 13.2 Å². The Bertz CT molecular complexity index is 936. The Morgan fingerprint density at radius 2 is 2.12 bits per heavy atom. The summed E-state index contributed by atoms with van der Waals surface area (Å²) in [5.41, 5.74) is 2.86. The topological polar surface area (TPSA) is 93.0 Å². The largest absolute Gasteiger partial charge is 0.379 e. The van der Waals surface area contributed by atoms with E-state index in [0.717, 1.165) is 5.56 Å². The lowest BCUT2D eigenvalue weighted by molar-refractivity contribution is 0.0919. The summed E-state index contributed by atoms with van der Waals surface area (Å²) in [5.74, 6) is -0.620. The molecule has 1 fully saturated rings. The van der Waals surface area contributed by atoms with Crippen molar-refractivity contribution >= 4 is 21.6 Å². The molecule has 0 aliphatic carbocycles. The van der Waals surface area contributed by atoms with E-state index >= 15 is 0 Å². The van der Waals surface area contributed by atoms with Gasteiger partial charge in [0.1, 0.15) is 11.3 Å². The van der Waals surface area contributed by atoms with Crippen LogP contribution in [0.3, 0.4) is 0 Å². The molecule has 26 heavy (non-hydrogen) atoms. The van der Waals surface area contributed by atoms with Crippen LogP contribution >= 0.6 is 0 Å². The second-order valence-corrected chi connectivity index (χ2v) is 9.14. The van der Waals surface area contributed by atoms with Gasteiger partial charge in [-0.25, -0.2) is 17.7 Å². The summed E-state index contributed by atoms with van der Waals surface area (Å²) in [7, 11) is -0.362. The standard InChI is InChI=1S/C17H24N4O4S/c1-11-5-6-21-15(7-11)18-12(2)16(21)17(22)19-14-9-25-8-13(14)10-26(23,24)20(3)4/h5-7,13-14H,8-10H2,1-4H3,(H,19,22)/t13-,14+/m0/s1. The van der Waals surface area contributed by atoms with Crippen LogP contribution in [0.25, 0.3) is 5.65 Å². The molecule has 1 aliphatic heterocycles. The molecular weight excluding hydrogens is 356 g/mol. The van der Waals surface area contributed by atoms with Crippen molar-refractivity contribution in [3.8, 4) is 0 Å². The third-order valence-corrected chi connectivity index (χ3v) is 6.63. The quantitative estimate of drug-likeness (QED) is 0.819. The first kappa shape index (κ1) is 18.8. The molecule has 0 spiro atoms. The number of sulfonamides is 1. The molecule has 1 N–H and O–H groups in total. The minimum Gasteiger partial charge on any atom is -0.379 e. The van der Waals surface area contributed by atoms with E-state index in [4.69, 9.17) is 4.74 Å². The van der Waals surface area contributed by atoms with Gasteiger partial charge in [0.2, 0.25) is 10.0 Å². The predicted octanol–water partition coefficient (Wildman–Crippen LogP) is 0.587. The predicted molar refractivity (Wildman–Crippen MR) is 97.7 cm³/mol. The van der Waals surface area contributed by atoms with Crippen molar-refractivity contribution in [3.05, 3.63) is 35.3 Å². The van der Waals surface area contributed by atoms with Crippen LogP contribution in [0.4, 0.5) is 0 Å². The zero-order chi connectivity index (χ0) is 19.1. The van der Waals surface area contributed by atoms with Gasteiger partial charge in [0, 0.05) is 26.2 Å². The van der Waals surface area contributed by atoms with Gasteiger partial charge >= 0.3 is 0 Å².